The fourth-order valence-corrected chi connectivity index (χ4v) is 5.22. The van der Waals surface area contributed by atoms with Gasteiger partial charge in [-0.1, -0.05) is 73.6 Å². The molecule has 3 nitrogen and oxygen atoms in total. The zero-order valence-electron chi connectivity index (χ0n) is 22.1. The molecule has 0 aliphatic rings. The van der Waals surface area contributed by atoms with Gasteiger partial charge in [0.15, 0.2) is 5.12 Å². The second-order valence-corrected chi connectivity index (χ2v) is 10.8. The van der Waals surface area contributed by atoms with Crippen LogP contribution < -0.4 is 4.74 Å². The zero-order chi connectivity index (χ0) is 26.6. The first-order valence-corrected chi connectivity index (χ1v) is 14.0. The van der Waals surface area contributed by atoms with E-state index in [-0.39, 0.29) is 16.7 Å². The van der Waals surface area contributed by atoms with Crippen LogP contribution in [-0.2, 0) is 28.9 Å². The molecule has 0 heterocycles. The highest BCUT2D eigenvalue weighted by molar-refractivity contribution is 8.14. The average Bonchev–Trinajstić information content (AvgIpc) is 2.87. The Bertz CT molecular complexity index is 1170. The molecule has 0 fully saturated rings. The van der Waals surface area contributed by atoms with Crippen LogP contribution in [0.5, 0.6) is 5.75 Å². The van der Waals surface area contributed by atoms with Gasteiger partial charge >= 0.3 is 0 Å². The maximum Gasteiger partial charge on any atom is 0.186 e. The summed E-state index contributed by atoms with van der Waals surface area (Å²) >= 11 is 1.09. The van der Waals surface area contributed by atoms with Crippen LogP contribution in [-0.4, -0.2) is 17.5 Å². The van der Waals surface area contributed by atoms with E-state index in [1.165, 1.54) is 42.7 Å². The van der Waals surface area contributed by atoms with Crippen LogP contribution in [0, 0.1) is 5.82 Å². The summed E-state index contributed by atoms with van der Waals surface area (Å²) in [4.78, 5) is 23.6. The minimum atomic E-state index is -0.426. The summed E-state index contributed by atoms with van der Waals surface area (Å²) < 4.78 is 19.4. The Morgan fingerprint density at radius 2 is 1.62 bits per heavy atom. The quantitative estimate of drug-likeness (QED) is 0.202. The number of hydrogen-bond acceptors (Lipinski definition) is 4. The third-order valence-corrected chi connectivity index (χ3v) is 7.41. The number of halogens is 1. The summed E-state index contributed by atoms with van der Waals surface area (Å²) in [5, 5.41) is -0.472. The first-order chi connectivity index (χ1) is 17.9. The number of carbonyl (C=O) groups is 2. The van der Waals surface area contributed by atoms with Gasteiger partial charge in [-0.15, -0.1) is 0 Å². The lowest BCUT2D eigenvalue weighted by atomic mass is 10.00. The summed E-state index contributed by atoms with van der Waals surface area (Å²) in [6, 6.07) is 21.1. The van der Waals surface area contributed by atoms with Crippen LogP contribution in [0.15, 0.2) is 66.7 Å². The van der Waals surface area contributed by atoms with E-state index in [2.05, 4.69) is 37.3 Å². The molecule has 5 heteroatoms. The average molecular weight is 521 g/mol. The SMILES string of the molecule is CCCc1cc(Cc2ccc(F)cc2)ccc1OCCCCCc1cccc(C(SC(C)=O)C(C)=O)c1. The predicted octanol–water partition coefficient (Wildman–Crippen LogP) is 8.07. The standard InChI is InChI=1S/C32H37FO3S/c1-4-9-28-22-27(20-26-13-16-30(33)17-14-26)15-18-31(28)36-19-7-5-6-10-25-11-8-12-29(21-25)32(23(2)34)37-24(3)35/h8,11-18,21-22,32H,4-7,9-10,19-20H2,1-3H3. The second kappa shape index (κ2) is 14.7. The summed E-state index contributed by atoms with van der Waals surface area (Å²) in [5.74, 6) is 0.745. The van der Waals surface area contributed by atoms with E-state index in [1.807, 2.05) is 24.3 Å². The van der Waals surface area contributed by atoms with Crippen molar-refractivity contribution in [3.63, 3.8) is 0 Å². The second-order valence-electron chi connectivity index (χ2n) is 9.50. The number of benzene rings is 3. The Hall–Kier alpha value is -2.92. The van der Waals surface area contributed by atoms with E-state index in [1.54, 1.807) is 0 Å². The van der Waals surface area contributed by atoms with Crippen LogP contribution in [0.4, 0.5) is 4.39 Å². The predicted molar refractivity (Wildman–Crippen MR) is 151 cm³/mol. The van der Waals surface area contributed by atoms with Crippen molar-refractivity contribution < 1.29 is 18.7 Å². The first-order valence-electron chi connectivity index (χ1n) is 13.1. The number of rotatable bonds is 14. The van der Waals surface area contributed by atoms with E-state index in [0.717, 1.165) is 73.6 Å². The number of ketones is 1. The van der Waals surface area contributed by atoms with Crippen molar-refractivity contribution in [3.05, 3.63) is 100 Å². The summed E-state index contributed by atoms with van der Waals surface area (Å²) in [5.41, 5.74) is 5.62. The van der Waals surface area contributed by atoms with Crippen molar-refractivity contribution in [2.75, 3.05) is 6.61 Å². The van der Waals surface area contributed by atoms with Crippen molar-refractivity contribution in [2.24, 2.45) is 0 Å². The molecule has 1 atom stereocenters. The lowest BCUT2D eigenvalue weighted by Gasteiger charge is -2.14. The minimum Gasteiger partial charge on any atom is -0.493 e. The number of hydrogen-bond donors (Lipinski definition) is 0. The highest BCUT2D eigenvalue weighted by atomic mass is 32.2. The Balaban J connectivity index is 1.47. The smallest absolute Gasteiger partial charge is 0.186 e. The van der Waals surface area contributed by atoms with Gasteiger partial charge in [0.05, 0.1) is 11.9 Å². The summed E-state index contributed by atoms with van der Waals surface area (Å²) in [6.45, 7) is 5.89. The van der Waals surface area contributed by atoms with Crippen molar-refractivity contribution in [1.29, 1.82) is 0 Å². The van der Waals surface area contributed by atoms with Crippen molar-refractivity contribution in [2.45, 2.75) is 71.0 Å². The molecule has 0 aliphatic carbocycles. The molecule has 0 saturated carbocycles. The van der Waals surface area contributed by atoms with Gasteiger partial charge in [-0.2, -0.15) is 0 Å². The lowest BCUT2D eigenvalue weighted by molar-refractivity contribution is -0.117. The van der Waals surface area contributed by atoms with Gasteiger partial charge in [-0.3, -0.25) is 9.59 Å². The van der Waals surface area contributed by atoms with Crippen LogP contribution in [0.25, 0.3) is 0 Å². The number of ether oxygens (including phenoxy) is 1. The number of aryl methyl sites for hydroxylation is 2. The molecule has 0 saturated heterocycles. The number of Topliss-reactive ketones (excluding diaryl/α,β-unsaturated/α-hetero) is 1. The van der Waals surface area contributed by atoms with Crippen LogP contribution >= 0.6 is 11.8 Å². The molecular formula is C32H37FO3S. The third-order valence-electron chi connectivity index (χ3n) is 6.24. The molecule has 3 rings (SSSR count). The number of carbonyl (C=O) groups excluding carboxylic acids is 2. The molecule has 3 aromatic rings. The highest BCUT2D eigenvalue weighted by Crippen LogP contribution is 2.31. The molecule has 0 bridgehead atoms. The monoisotopic (exact) mass is 520 g/mol. The molecule has 3 aromatic carbocycles. The van der Waals surface area contributed by atoms with Gasteiger partial charge < -0.3 is 4.74 Å². The van der Waals surface area contributed by atoms with E-state index >= 15 is 0 Å². The van der Waals surface area contributed by atoms with Crippen molar-refractivity contribution in [1.82, 2.24) is 0 Å². The number of thioether (sulfide) groups is 1. The van der Waals surface area contributed by atoms with E-state index in [9.17, 15) is 14.0 Å². The van der Waals surface area contributed by atoms with Crippen molar-refractivity contribution in [3.8, 4) is 5.75 Å². The van der Waals surface area contributed by atoms with Gasteiger partial charge in [0.1, 0.15) is 17.3 Å². The van der Waals surface area contributed by atoms with Crippen LogP contribution in [0.2, 0.25) is 0 Å². The Morgan fingerprint density at radius 3 is 2.32 bits per heavy atom. The van der Waals surface area contributed by atoms with Gasteiger partial charge in [-0.25, -0.2) is 4.39 Å². The maximum atomic E-state index is 13.2. The largest absolute Gasteiger partial charge is 0.493 e. The molecule has 0 N–H and O–H groups in total. The molecule has 1 unspecified atom stereocenters. The molecule has 0 amide bonds. The van der Waals surface area contributed by atoms with E-state index < -0.39 is 5.25 Å². The molecule has 0 aromatic heterocycles. The summed E-state index contributed by atoms with van der Waals surface area (Å²) in [7, 11) is 0. The Morgan fingerprint density at radius 1 is 0.865 bits per heavy atom. The molecule has 37 heavy (non-hydrogen) atoms. The zero-order valence-corrected chi connectivity index (χ0v) is 22.9. The van der Waals surface area contributed by atoms with Gasteiger partial charge in [0.2, 0.25) is 0 Å². The minimum absolute atomic E-state index is 0.000397. The normalized spacial score (nSPS) is 11.8. The lowest BCUT2D eigenvalue weighted by Crippen LogP contribution is -2.07. The molecule has 196 valence electrons. The van der Waals surface area contributed by atoms with Crippen molar-refractivity contribution >= 4 is 22.7 Å². The maximum absolute atomic E-state index is 13.2. The molecule has 0 spiro atoms. The number of unbranched alkanes of at least 4 members (excludes halogenated alkanes) is 2. The topological polar surface area (TPSA) is 43.4 Å². The van der Waals surface area contributed by atoms with E-state index in [4.69, 9.17) is 4.74 Å². The van der Waals surface area contributed by atoms with Gasteiger partial charge in [0, 0.05) is 6.92 Å². The van der Waals surface area contributed by atoms with E-state index in [0.29, 0.717) is 6.61 Å². The molecular weight excluding hydrogens is 483 g/mol. The fourth-order valence-electron chi connectivity index (χ4n) is 4.44. The fraction of sp³-hybridized carbons (Fsp3) is 0.375. The van der Waals surface area contributed by atoms with Crippen LogP contribution in [0.3, 0.4) is 0 Å². The van der Waals surface area contributed by atoms with Gasteiger partial charge in [0.25, 0.3) is 0 Å². The van der Waals surface area contributed by atoms with Crippen LogP contribution in [0.1, 0.15) is 79.5 Å². The summed E-state index contributed by atoms with van der Waals surface area (Å²) in [6.07, 6.45) is 6.78. The Labute approximate surface area is 224 Å². The molecule has 0 aliphatic heterocycles. The Kier molecular flexibility index (Phi) is 11.4. The van der Waals surface area contributed by atoms with Gasteiger partial charge in [-0.05, 0) is 91.5 Å². The third kappa shape index (κ3) is 9.47. The highest BCUT2D eigenvalue weighted by Gasteiger charge is 2.19. The molecule has 0 radical (unpaired) electrons. The first kappa shape index (κ1) is 28.6.